The minimum atomic E-state index is 0. The average Bonchev–Trinajstić information content (AvgIpc) is 2.16. The Morgan fingerprint density at radius 2 is 1.25 bits per heavy atom. The van der Waals surface area contributed by atoms with Crippen LogP contribution in [0.2, 0.25) is 0 Å². The maximum atomic E-state index is 2.79. The van der Waals surface area contributed by atoms with Gasteiger partial charge < -0.3 is 0 Å². The van der Waals surface area contributed by atoms with E-state index in [1.807, 2.05) is 0 Å². The standard InChI is InChI=1S/C14H25N.ClH/c1-3-15(4-2)14-8-11-5-12(9-14)7-13(6-11)10-14;/h11-13H,3-10H2,1-2H3;1H. The molecule has 0 aromatic heterocycles. The van der Waals surface area contributed by atoms with Crippen LogP contribution in [0.5, 0.6) is 0 Å². The van der Waals surface area contributed by atoms with Gasteiger partial charge in [-0.15, -0.1) is 12.4 Å². The molecule has 0 amide bonds. The summed E-state index contributed by atoms with van der Waals surface area (Å²) in [5.74, 6) is 3.28. The molecule has 0 saturated heterocycles. The van der Waals surface area contributed by atoms with Crippen LogP contribution in [0.25, 0.3) is 0 Å². The molecule has 0 heterocycles. The van der Waals surface area contributed by atoms with Crippen molar-refractivity contribution in [2.75, 3.05) is 13.1 Å². The first-order chi connectivity index (χ1) is 7.25. The molecular weight excluding hydrogens is 218 g/mol. The molecule has 94 valence electrons. The summed E-state index contributed by atoms with van der Waals surface area (Å²) in [4.78, 5) is 2.79. The molecule has 0 radical (unpaired) electrons. The predicted octanol–water partition coefficient (Wildman–Crippen LogP) is 3.72. The molecule has 0 unspecified atom stereocenters. The van der Waals surface area contributed by atoms with Crippen LogP contribution < -0.4 is 0 Å². The fourth-order valence-corrected chi connectivity index (χ4v) is 5.35. The molecule has 2 heteroatoms. The molecule has 4 aliphatic carbocycles. The Morgan fingerprint density at radius 3 is 1.56 bits per heavy atom. The van der Waals surface area contributed by atoms with Gasteiger partial charge in [-0.05, 0) is 69.4 Å². The first kappa shape index (κ1) is 12.7. The first-order valence-corrected chi connectivity index (χ1v) is 7.01. The molecule has 4 fully saturated rings. The van der Waals surface area contributed by atoms with E-state index in [-0.39, 0.29) is 12.4 Å². The molecule has 0 atom stereocenters. The molecule has 1 nitrogen and oxygen atoms in total. The zero-order valence-electron chi connectivity index (χ0n) is 10.7. The van der Waals surface area contributed by atoms with Gasteiger partial charge in [0.2, 0.25) is 0 Å². The smallest absolute Gasteiger partial charge is 0.0217 e. The number of nitrogens with zero attached hydrogens (tertiary/aromatic N) is 1. The van der Waals surface area contributed by atoms with Gasteiger partial charge in [-0.2, -0.15) is 0 Å². The zero-order valence-corrected chi connectivity index (χ0v) is 11.6. The van der Waals surface area contributed by atoms with E-state index < -0.39 is 0 Å². The second-order valence-corrected chi connectivity index (χ2v) is 6.31. The van der Waals surface area contributed by atoms with Crippen LogP contribution in [0.1, 0.15) is 52.4 Å². The maximum Gasteiger partial charge on any atom is 0.0217 e. The fourth-order valence-electron chi connectivity index (χ4n) is 5.35. The van der Waals surface area contributed by atoms with Crippen molar-refractivity contribution < 1.29 is 0 Å². The van der Waals surface area contributed by atoms with E-state index in [2.05, 4.69) is 18.7 Å². The zero-order chi connectivity index (χ0) is 10.5. The lowest BCUT2D eigenvalue weighted by molar-refractivity contribution is -0.0851. The lowest BCUT2D eigenvalue weighted by Crippen LogP contribution is -2.59. The van der Waals surface area contributed by atoms with Gasteiger partial charge in [0.25, 0.3) is 0 Å². The van der Waals surface area contributed by atoms with Crippen molar-refractivity contribution in [2.24, 2.45) is 17.8 Å². The quantitative estimate of drug-likeness (QED) is 0.730. The first-order valence-electron chi connectivity index (χ1n) is 7.01. The van der Waals surface area contributed by atoms with E-state index in [4.69, 9.17) is 0 Å². The summed E-state index contributed by atoms with van der Waals surface area (Å²) >= 11 is 0. The summed E-state index contributed by atoms with van der Waals surface area (Å²) in [6.07, 6.45) is 9.30. The van der Waals surface area contributed by atoms with Gasteiger partial charge in [-0.25, -0.2) is 0 Å². The van der Waals surface area contributed by atoms with Crippen LogP contribution >= 0.6 is 12.4 Å². The van der Waals surface area contributed by atoms with E-state index in [0.717, 1.165) is 17.8 Å². The topological polar surface area (TPSA) is 3.24 Å². The highest BCUT2D eigenvalue weighted by Gasteiger charge is 2.52. The van der Waals surface area contributed by atoms with Crippen molar-refractivity contribution in [3.8, 4) is 0 Å². The van der Waals surface area contributed by atoms with E-state index in [9.17, 15) is 0 Å². The number of hydrogen-bond donors (Lipinski definition) is 0. The molecule has 16 heavy (non-hydrogen) atoms. The van der Waals surface area contributed by atoms with Gasteiger partial charge in [0.1, 0.15) is 0 Å². The largest absolute Gasteiger partial charge is 0.298 e. The number of halogens is 1. The van der Waals surface area contributed by atoms with Crippen LogP contribution in [-0.4, -0.2) is 23.5 Å². The van der Waals surface area contributed by atoms with Crippen molar-refractivity contribution in [3.05, 3.63) is 0 Å². The van der Waals surface area contributed by atoms with Crippen LogP contribution in [0.15, 0.2) is 0 Å². The third-order valence-electron chi connectivity index (χ3n) is 5.44. The molecule has 4 aliphatic rings. The lowest BCUT2D eigenvalue weighted by Gasteiger charge is -2.60. The molecule has 0 aromatic rings. The van der Waals surface area contributed by atoms with Gasteiger partial charge in [-0.1, -0.05) is 13.8 Å². The second kappa shape index (κ2) is 4.49. The van der Waals surface area contributed by atoms with Crippen LogP contribution in [0.4, 0.5) is 0 Å². The Bertz CT molecular complexity index is 212. The minimum absolute atomic E-state index is 0. The van der Waals surface area contributed by atoms with Crippen molar-refractivity contribution in [3.63, 3.8) is 0 Å². The van der Waals surface area contributed by atoms with Gasteiger partial charge in [0.05, 0.1) is 0 Å². The van der Waals surface area contributed by atoms with E-state index in [1.165, 1.54) is 32.4 Å². The Balaban J connectivity index is 0.000000963. The number of hydrogen-bond acceptors (Lipinski definition) is 1. The fraction of sp³-hybridized carbons (Fsp3) is 1.00. The molecule has 0 aromatic carbocycles. The van der Waals surface area contributed by atoms with Crippen LogP contribution in [0, 0.1) is 17.8 Å². The maximum absolute atomic E-state index is 2.79. The van der Waals surface area contributed by atoms with Crippen molar-refractivity contribution in [1.82, 2.24) is 4.90 Å². The highest BCUT2D eigenvalue weighted by Crippen LogP contribution is 2.57. The average molecular weight is 244 g/mol. The third kappa shape index (κ3) is 1.80. The molecule has 0 aliphatic heterocycles. The van der Waals surface area contributed by atoms with Gasteiger partial charge in [-0.3, -0.25) is 4.90 Å². The Kier molecular flexibility index (Phi) is 3.57. The number of rotatable bonds is 3. The van der Waals surface area contributed by atoms with Crippen molar-refractivity contribution in [2.45, 2.75) is 57.9 Å². The van der Waals surface area contributed by atoms with E-state index >= 15 is 0 Å². The van der Waals surface area contributed by atoms with Crippen molar-refractivity contribution >= 4 is 12.4 Å². The predicted molar refractivity (Wildman–Crippen MR) is 71.1 cm³/mol. The second-order valence-electron chi connectivity index (χ2n) is 6.31. The van der Waals surface area contributed by atoms with E-state index in [1.54, 1.807) is 19.3 Å². The summed E-state index contributed by atoms with van der Waals surface area (Å²) in [6, 6.07) is 0. The van der Waals surface area contributed by atoms with Crippen LogP contribution in [0.3, 0.4) is 0 Å². The molecule has 4 rings (SSSR count). The highest BCUT2D eigenvalue weighted by atomic mass is 35.5. The lowest BCUT2D eigenvalue weighted by atomic mass is 9.52. The molecule has 0 spiro atoms. The SMILES string of the molecule is CCN(CC)C12CC3CC(CC(C3)C1)C2.Cl. The minimum Gasteiger partial charge on any atom is -0.298 e. The Hall–Kier alpha value is 0.250. The van der Waals surface area contributed by atoms with E-state index in [0.29, 0.717) is 5.54 Å². The monoisotopic (exact) mass is 243 g/mol. The molecule has 4 bridgehead atoms. The Morgan fingerprint density at radius 1 is 0.875 bits per heavy atom. The summed E-state index contributed by atoms with van der Waals surface area (Å²) in [5, 5.41) is 0. The van der Waals surface area contributed by atoms with Crippen molar-refractivity contribution in [1.29, 1.82) is 0 Å². The molecule has 0 N–H and O–H groups in total. The van der Waals surface area contributed by atoms with Gasteiger partial charge in [0, 0.05) is 5.54 Å². The molecular formula is C14H26ClN. The van der Waals surface area contributed by atoms with Crippen LogP contribution in [-0.2, 0) is 0 Å². The normalized spacial score (nSPS) is 44.8. The highest BCUT2D eigenvalue weighted by molar-refractivity contribution is 5.85. The summed E-state index contributed by atoms with van der Waals surface area (Å²) in [6.45, 7) is 7.23. The summed E-state index contributed by atoms with van der Waals surface area (Å²) in [7, 11) is 0. The summed E-state index contributed by atoms with van der Waals surface area (Å²) in [5.41, 5.74) is 0.651. The Labute approximate surface area is 106 Å². The summed E-state index contributed by atoms with van der Waals surface area (Å²) < 4.78 is 0. The van der Waals surface area contributed by atoms with Gasteiger partial charge in [0.15, 0.2) is 0 Å². The molecule has 4 saturated carbocycles. The third-order valence-corrected chi connectivity index (χ3v) is 5.44. The van der Waals surface area contributed by atoms with Gasteiger partial charge >= 0.3 is 0 Å².